The number of hydrogen-bond donors (Lipinski definition) is 1. The van der Waals surface area contributed by atoms with Crippen molar-refractivity contribution >= 4 is 34.9 Å². The molecule has 2 aromatic rings. The van der Waals surface area contributed by atoms with Crippen LogP contribution in [0.15, 0.2) is 48.5 Å². The number of anilines is 1. The molecule has 0 saturated carbocycles. The molecule has 0 atom stereocenters. The Labute approximate surface area is 162 Å². The summed E-state index contributed by atoms with van der Waals surface area (Å²) in [5.41, 5.74) is 1.04. The van der Waals surface area contributed by atoms with Crippen molar-refractivity contribution in [2.75, 3.05) is 18.5 Å². The van der Waals surface area contributed by atoms with Crippen molar-refractivity contribution in [2.24, 2.45) is 0 Å². The summed E-state index contributed by atoms with van der Waals surface area (Å²) >= 11 is 5.76. The standard InChI is InChI=1S/C20H20ClNO5/c1-2-26-17-9-3-14(4-10-17)18(23)11-12-20(25)27-13-19(24)22-16-7-5-15(21)6-8-16/h3-10H,2,11-13H2,1H3,(H,22,24). The van der Waals surface area contributed by atoms with Crippen molar-refractivity contribution in [1.82, 2.24) is 0 Å². The summed E-state index contributed by atoms with van der Waals surface area (Å²) in [5.74, 6) is -0.579. The Bertz CT molecular complexity index is 787. The van der Waals surface area contributed by atoms with E-state index in [4.69, 9.17) is 21.1 Å². The SMILES string of the molecule is CCOc1ccc(C(=O)CCC(=O)OCC(=O)Nc2ccc(Cl)cc2)cc1. The Hall–Kier alpha value is -2.86. The second-order valence-corrected chi connectivity index (χ2v) is 6.03. The number of ether oxygens (including phenoxy) is 2. The van der Waals surface area contributed by atoms with Crippen LogP contribution in [-0.4, -0.2) is 30.9 Å². The average Bonchev–Trinajstić information content (AvgIpc) is 2.67. The van der Waals surface area contributed by atoms with Gasteiger partial charge in [-0.1, -0.05) is 11.6 Å². The second kappa shape index (κ2) is 10.3. The van der Waals surface area contributed by atoms with E-state index in [1.807, 2.05) is 6.92 Å². The van der Waals surface area contributed by atoms with Crippen molar-refractivity contribution in [3.05, 3.63) is 59.1 Å². The Kier molecular flexibility index (Phi) is 7.82. The molecule has 0 fully saturated rings. The average molecular weight is 390 g/mol. The molecule has 0 unspecified atom stereocenters. The van der Waals surface area contributed by atoms with Crippen molar-refractivity contribution in [3.63, 3.8) is 0 Å². The fourth-order valence-corrected chi connectivity index (χ4v) is 2.34. The first-order valence-corrected chi connectivity index (χ1v) is 8.83. The van der Waals surface area contributed by atoms with E-state index < -0.39 is 18.5 Å². The van der Waals surface area contributed by atoms with Crippen LogP contribution in [0.2, 0.25) is 5.02 Å². The lowest BCUT2D eigenvalue weighted by atomic mass is 10.1. The van der Waals surface area contributed by atoms with Gasteiger partial charge in [0.1, 0.15) is 5.75 Å². The quantitative estimate of drug-likeness (QED) is 0.519. The zero-order chi connectivity index (χ0) is 19.6. The highest BCUT2D eigenvalue weighted by Gasteiger charge is 2.12. The molecule has 27 heavy (non-hydrogen) atoms. The van der Waals surface area contributed by atoms with Crippen LogP contribution < -0.4 is 10.1 Å². The molecule has 6 nitrogen and oxygen atoms in total. The highest BCUT2D eigenvalue weighted by atomic mass is 35.5. The highest BCUT2D eigenvalue weighted by molar-refractivity contribution is 6.30. The van der Waals surface area contributed by atoms with Gasteiger partial charge in [0.2, 0.25) is 0 Å². The fraction of sp³-hybridized carbons (Fsp3) is 0.250. The van der Waals surface area contributed by atoms with E-state index in [0.29, 0.717) is 28.6 Å². The van der Waals surface area contributed by atoms with Crippen LogP contribution in [0.3, 0.4) is 0 Å². The Morgan fingerprint density at radius 1 is 0.963 bits per heavy atom. The minimum Gasteiger partial charge on any atom is -0.494 e. The summed E-state index contributed by atoms with van der Waals surface area (Å²) in [6.45, 7) is 2.00. The van der Waals surface area contributed by atoms with E-state index in [1.54, 1.807) is 48.5 Å². The molecule has 142 valence electrons. The van der Waals surface area contributed by atoms with Gasteiger partial charge in [0.25, 0.3) is 5.91 Å². The molecule has 0 aliphatic carbocycles. The number of benzene rings is 2. The van der Waals surface area contributed by atoms with E-state index in [2.05, 4.69) is 5.32 Å². The van der Waals surface area contributed by atoms with Gasteiger partial charge >= 0.3 is 5.97 Å². The molecule has 0 radical (unpaired) electrons. The topological polar surface area (TPSA) is 81.7 Å². The summed E-state index contributed by atoms with van der Waals surface area (Å²) in [6.07, 6.45) is -0.0914. The van der Waals surface area contributed by atoms with Crippen molar-refractivity contribution in [2.45, 2.75) is 19.8 Å². The smallest absolute Gasteiger partial charge is 0.306 e. The van der Waals surface area contributed by atoms with Gasteiger partial charge in [0, 0.05) is 22.7 Å². The van der Waals surface area contributed by atoms with E-state index in [-0.39, 0.29) is 18.6 Å². The lowest BCUT2D eigenvalue weighted by Gasteiger charge is -2.07. The minimum atomic E-state index is -0.611. The molecule has 0 aliphatic heterocycles. The van der Waals surface area contributed by atoms with Crippen LogP contribution in [0.25, 0.3) is 0 Å². The van der Waals surface area contributed by atoms with Crippen LogP contribution in [0.1, 0.15) is 30.1 Å². The maximum Gasteiger partial charge on any atom is 0.306 e. The molecule has 2 rings (SSSR count). The van der Waals surface area contributed by atoms with Gasteiger partial charge in [-0.05, 0) is 55.5 Å². The first kappa shape index (κ1) is 20.5. The van der Waals surface area contributed by atoms with Gasteiger partial charge in [0.05, 0.1) is 13.0 Å². The van der Waals surface area contributed by atoms with Gasteiger partial charge in [-0.25, -0.2) is 0 Å². The van der Waals surface area contributed by atoms with Gasteiger partial charge in [-0.15, -0.1) is 0 Å². The summed E-state index contributed by atoms with van der Waals surface area (Å²) in [4.78, 5) is 35.6. The molecule has 0 aliphatic rings. The van der Waals surface area contributed by atoms with E-state index in [9.17, 15) is 14.4 Å². The monoisotopic (exact) mass is 389 g/mol. The zero-order valence-electron chi connectivity index (χ0n) is 14.9. The summed E-state index contributed by atoms with van der Waals surface area (Å²) in [7, 11) is 0. The van der Waals surface area contributed by atoms with Gasteiger partial charge < -0.3 is 14.8 Å². The van der Waals surface area contributed by atoms with Crippen LogP contribution in [0, 0.1) is 0 Å². The number of amides is 1. The Balaban J connectivity index is 1.71. The maximum absolute atomic E-state index is 12.1. The van der Waals surface area contributed by atoms with Crippen molar-refractivity contribution in [1.29, 1.82) is 0 Å². The second-order valence-electron chi connectivity index (χ2n) is 5.60. The molecular weight excluding hydrogens is 370 g/mol. The molecule has 0 heterocycles. The first-order chi connectivity index (χ1) is 13.0. The number of ketones is 1. The third-order valence-corrected chi connectivity index (χ3v) is 3.79. The van der Waals surface area contributed by atoms with Crippen molar-refractivity contribution in [3.8, 4) is 5.75 Å². The molecule has 0 bridgehead atoms. The van der Waals surface area contributed by atoms with E-state index in [1.165, 1.54) is 0 Å². The highest BCUT2D eigenvalue weighted by Crippen LogP contribution is 2.15. The predicted molar refractivity (Wildman–Crippen MR) is 102 cm³/mol. The maximum atomic E-state index is 12.1. The number of rotatable bonds is 9. The lowest BCUT2D eigenvalue weighted by Crippen LogP contribution is -2.21. The number of Topliss-reactive ketones (excluding diaryl/α,β-unsaturated/α-hetero) is 1. The number of carbonyl (C=O) groups excluding carboxylic acids is 3. The Morgan fingerprint density at radius 2 is 1.63 bits per heavy atom. The third-order valence-electron chi connectivity index (χ3n) is 3.54. The van der Waals surface area contributed by atoms with E-state index >= 15 is 0 Å². The van der Waals surface area contributed by atoms with Crippen LogP contribution in [0.5, 0.6) is 5.75 Å². The molecule has 0 aromatic heterocycles. The molecular formula is C20H20ClNO5. The summed E-state index contributed by atoms with van der Waals surface area (Å²) in [6, 6.07) is 13.3. The molecule has 1 N–H and O–H groups in total. The number of nitrogens with one attached hydrogen (secondary N) is 1. The Morgan fingerprint density at radius 3 is 2.26 bits per heavy atom. The van der Waals surface area contributed by atoms with Gasteiger partial charge in [-0.3, -0.25) is 14.4 Å². The van der Waals surface area contributed by atoms with Gasteiger partial charge in [-0.2, -0.15) is 0 Å². The lowest BCUT2D eigenvalue weighted by molar-refractivity contribution is -0.147. The summed E-state index contributed by atoms with van der Waals surface area (Å²) < 4.78 is 10.2. The van der Waals surface area contributed by atoms with Crippen LogP contribution >= 0.6 is 11.6 Å². The molecule has 7 heteroatoms. The third kappa shape index (κ3) is 7.11. The largest absolute Gasteiger partial charge is 0.494 e. The number of esters is 1. The minimum absolute atomic E-state index is 0.00557. The van der Waals surface area contributed by atoms with Crippen molar-refractivity contribution < 1.29 is 23.9 Å². The first-order valence-electron chi connectivity index (χ1n) is 8.45. The number of carbonyl (C=O) groups is 3. The molecule has 1 amide bonds. The number of halogens is 1. The normalized spacial score (nSPS) is 10.1. The molecule has 0 saturated heterocycles. The van der Waals surface area contributed by atoms with Gasteiger partial charge in [0.15, 0.2) is 12.4 Å². The zero-order valence-corrected chi connectivity index (χ0v) is 15.6. The molecule has 2 aromatic carbocycles. The van der Waals surface area contributed by atoms with Crippen LogP contribution in [-0.2, 0) is 14.3 Å². The number of hydrogen-bond acceptors (Lipinski definition) is 5. The fourth-order valence-electron chi connectivity index (χ4n) is 2.21. The predicted octanol–water partition coefficient (Wildman–Crippen LogP) is 3.88. The van der Waals surface area contributed by atoms with E-state index in [0.717, 1.165) is 0 Å². The molecule has 0 spiro atoms. The van der Waals surface area contributed by atoms with Crippen LogP contribution in [0.4, 0.5) is 5.69 Å². The summed E-state index contributed by atoms with van der Waals surface area (Å²) in [5, 5.41) is 3.13.